The first kappa shape index (κ1) is 16.9. The number of para-hydroxylation sites is 1. The van der Waals surface area contributed by atoms with Crippen LogP contribution in [0.4, 0.5) is 5.69 Å². The zero-order chi connectivity index (χ0) is 17.9. The van der Waals surface area contributed by atoms with E-state index in [0.29, 0.717) is 27.5 Å². The lowest BCUT2D eigenvalue weighted by molar-refractivity contribution is 0.225. The monoisotopic (exact) mass is 382 g/mol. The highest BCUT2D eigenvalue weighted by Gasteiger charge is 2.26. The lowest BCUT2D eigenvalue weighted by atomic mass is 10.1. The van der Waals surface area contributed by atoms with E-state index in [1.165, 1.54) is 11.8 Å². The van der Waals surface area contributed by atoms with Gasteiger partial charge >= 0.3 is 0 Å². The fourth-order valence-corrected chi connectivity index (χ4v) is 3.42. The van der Waals surface area contributed by atoms with Crippen LogP contribution < -0.4 is 10.1 Å². The molecule has 0 saturated carbocycles. The highest BCUT2D eigenvalue weighted by Crippen LogP contribution is 2.40. The second-order valence-corrected chi connectivity index (χ2v) is 6.95. The van der Waals surface area contributed by atoms with E-state index in [-0.39, 0.29) is 0 Å². The Labute approximate surface area is 160 Å². The Bertz CT molecular complexity index is 966. The Morgan fingerprint density at radius 3 is 2.81 bits per heavy atom. The van der Waals surface area contributed by atoms with Crippen molar-refractivity contribution in [1.29, 1.82) is 0 Å². The highest BCUT2D eigenvalue weighted by molar-refractivity contribution is 7.99. The van der Waals surface area contributed by atoms with E-state index >= 15 is 0 Å². The number of thioether (sulfide) groups is 1. The van der Waals surface area contributed by atoms with Gasteiger partial charge in [0.15, 0.2) is 11.9 Å². The number of nitrogens with zero attached hydrogens (tertiary/aromatic N) is 3. The molecular weight excluding hydrogens is 368 g/mol. The largest absolute Gasteiger partial charge is 0.448 e. The van der Waals surface area contributed by atoms with Crippen molar-refractivity contribution in [2.75, 3.05) is 11.1 Å². The third-order valence-electron chi connectivity index (χ3n) is 3.85. The van der Waals surface area contributed by atoms with E-state index in [9.17, 15) is 0 Å². The van der Waals surface area contributed by atoms with Gasteiger partial charge in [0.2, 0.25) is 11.0 Å². The molecule has 26 heavy (non-hydrogen) atoms. The number of halogens is 1. The number of fused-ring (bicyclic) bond motifs is 3. The number of hydrogen-bond acceptors (Lipinski definition) is 6. The maximum Gasteiger partial charge on any atom is 0.247 e. The van der Waals surface area contributed by atoms with E-state index in [2.05, 4.69) is 27.1 Å². The van der Waals surface area contributed by atoms with Gasteiger partial charge in [-0.25, -0.2) is 0 Å². The highest BCUT2D eigenvalue weighted by atomic mass is 35.5. The van der Waals surface area contributed by atoms with Crippen molar-refractivity contribution in [2.24, 2.45) is 0 Å². The Morgan fingerprint density at radius 1 is 1.15 bits per heavy atom. The minimum atomic E-state index is -0.486. The molecule has 0 radical (unpaired) electrons. The zero-order valence-electron chi connectivity index (χ0n) is 13.7. The molecule has 1 aromatic heterocycles. The average molecular weight is 383 g/mol. The van der Waals surface area contributed by atoms with Gasteiger partial charge in [-0.05, 0) is 12.1 Å². The van der Waals surface area contributed by atoms with Crippen molar-refractivity contribution in [1.82, 2.24) is 15.2 Å². The van der Waals surface area contributed by atoms with Gasteiger partial charge in [-0.3, -0.25) is 0 Å². The van der Waals surface area contributed by atoms with Crippen LogP contribution in [0.1, 0.15) is 11.8 Å². The van der Waals surface area contributed by atoms with Gasteiger partial charge in [-0.1, -0.05) is 65.8 Å². The van der Waals surface area contributed by atoms with Crippen LogP contribution >= 0.6 is 23.4 Å². The molecule has 1 N–H and O–H groups in total. The Morgan fingerprint density at radius 2 is 1.96 bits per heavy atom. The Balaban J connectivity index is 1.82. The third-order valence-corrected chi connectivity index (χ3v) is 5.03. The summed E-state index contributed by atoms with van der Waals surface area (Å²) < 4.78 is 6.18. The molecular formula is C19H15ClN4OS. The van der Waals surface area contributed by atoms with E-state index in [1.54, 1.807) is 6.08 Å². The van der Waals surface area contributed by atoms with Gasteiger partial charge in [0.05, 0.1) is 0 Å². The topological polar surface area (TPSA) is 59.9 Å². The maximum absolute atomic E-state index is 6.38. The number of anilines is 1. The second kappa shape index (κ2) is 7.35. The van der Waals surface area contributed by atoms with Gasteiger partial charge < -0.3 is 10.1 Å². The van der Waals surface area contributed by atoms with Crippen molar-refractivity contribution < 1.29 is 4.74 Å². The minimum Gasteiger partial charge on any atom is -0.448 e. The van der Waals surface area contributed by atoms with Gasteiger partial charge in [-0.2, -0.15) is 4.98 Å². The van der Waals surface area contributed by atoms with Crippen molar-refractivity contribution in [2.45, 2.75) is 11.4 Å². The van der Waals surface area contributed by atoms with Crippen LogP contribution in [-0.2, 0) is 0 Å². The summed E-state index contributed by atoms with van der Waals surface area (Å²) in [6.07, 6.45) is 1.31. The summed E-state index contributed by atoms with van der Waals surface area (Å²) in [6.45, 7) is 3.72. The first-order valence-corrected chi connectivity index (χ1v) is 9.38. The molecule has 0 unspecified atom stereocenters. The van der Waals surface area contributed by atoms with Crippen LogP contribution in [0.25, 0.3) is 11.3 Å². The molecule has 0 amide bonds. The molecule has 1 aliphatic heterocycles. The molecule has 3 aromatic rings. The predicted octanol–water partition coefficient (Wildman–Crippen LogP) is 4.97. The van der Waals surface area contributed by atoms with Crippen LogP contribution in [0.3, 0.4) is 0 Å². The van der Waals surface area contributed by atoms with Crippen molar-refractivity contribution >= 4 is 29.1 Å². The van der Waals surface area contributed by atoms with Crippen LogP contribution in [0.15, 0.2) is 66.3 Å². The molecule has 2 aromatic carbocycles. The van der Waals surface area contributed by atoms with E-state index in [0.717, 1.165) is 16.8 Å². The summed E-state index contributed by atoms with van der Waals surface area (Å²) in [7, 11) is 0. The van der Waals surface area contributed by atoms with E-state index in [4.69, 9.17) is 16.3 Å². The molecule has 0 aliphatic carbocycles. The van der Waals surface area contributed by atoms with Crippen LogP contribution in [-0.4, -0.2) is 20.9 Å². The summed E-state index contributed by atoms with van der Waals surface area (Å²) in [4.78, 5) is 4.55. The maximum atomic E-state index is 6.38. The van der Waals surface area contributed by atoms with Crippen LogP contribution in [0, 0.1) is 0 Å². The SMILES string of the molecule is C=CCSc1nnc2c(n1)O[C@H](c1ccccc1Cl)Nc1ccccc1-2. The average Bonchev–Trinajstić information content (AvgIpc) is 2.83. The zero-order valence-corrected chi connectivity index (χ0v) is 15.3. The van der Waals surface area contributed by atoms with Gasteiger partial charge in [0.1, 0.15) is 0 Å². The molecule has 7 heteroatoms. The summed E-state index contributed by atoms with van der Waals surface area (Å²) in [5, 5.41) is 13.1. The number of ether oxygens (including phenoxy) is 1. The number of benzene rings is 2. The first-order chi connectivity index (χ1) is 12.8. The van der Waals surface area contributed by atoms with Gasteiger partial charge in [-0.15, -0.1) is 16.8 Å². The second-order valence-electron chi connectivity index (χ2n) is 5.56. The number of aromatic nitrogens is 3. The molecule has 5 nitrogen and oxygen atoms in total. The lowest BCUT2D eigenvalue weighted by Gasteiger charge is -2.20. The number of rotatable bonds is 4. The van der Waals surface area contributed by atoms with E-state index < -0.39 is 6.23 Å². The predicted molar refractivity (Wildman–Crippen MR) is 105 cm³/mol. The lowest BCUT2D eigenvalue weighted by Crippen LogP contribution is -2.17. The van der Waals surface area contributed by atoms with Gasteiger partial charge in [0, 0.05) is 27.6 Å². The standard InChI is InChI=1S/C19H15ClN4OS/c1-2-11-26-19-22-18-16(23-24-19)13-8-4-6-10-15(13)21-17(25-18)12-7-3-5-9-14(12)20/h2-10,17,21H,1,11H2/t17-/m1/s1. The summed E-state index contributed by atoms with van der Waals surface area (Å²) in [5.41, 5.74) is 3.21. The van der Waals surface area contributed by atoms with Crippen molar-refractivity contribution in [3.05, 3.63) is 71.8 Å². The Hall–Kier alpha value is -2.57. The first-order valence-electron chi connectivity index (χ1n) is 8.01. The molecule has 0 spiro atoms. The smallest absolute Gasteiger partial charge is 0.247 e. The van der Waals surface area contributed by atoms with E-state index in [1.807, 2.05) is 48.5 Å². The fraction of sp³-hybridized carbons (Fsp3) is 0.105. The third kappa shape index (κ3) is 3.25. The van der Waals surface area contributed by atoms with Crippen molar-refractivity contribution in [3.63, 3.8) is 0 Å². The summed E-state index contributed by atoms with van der Waals surface area (Å²) in [5.74, 6) is 1.12. The number of hydrogen-bond donors (Lipinski definition) is 1. The summed E-state index contributed by atoms with van der Waals surface area (Å²) in [6, 6.07) is 15.4. The Kier molecular flexibility index (Phi) is 4.77. The normalized spacial score (nSPS) is 15.0. The molecule has 1 aliphatic rings. The number of nitrogens with one attached hydrogen (secondary N) is 1. The molecule has 130 valence electrons. The quantitative estimate of drug-likeness (QED) is 0.507. The van der Waals surface area contributed by atoms with Crippen LogP contribution in [0.2, 0.25) is 5.02 Å². The molecule has 0 bridgehead atoms. The van der Waals surface area contributed by atoms with Crippen LogP contribution in [0.5, 0.6) is 5.88 Å². The minimum absolute atomic E-state index is 0.425. The molecule has 0 fully saturated rings. The van der Waals surface area contributed by atoms with Gasteiger partial charge in [0.25, 0.3) is 0 Å². The molecule has 1 atom stereocenters. The molecule has 0 saturated heterocycles. The fourth-order valence-electron chi connectivity index (χ4n) is 2.67. The molecule has 4 rings (SSSR count). The molecule has 2 heterocycles. The summed E-state index contributed by atoms with van der Waals surface area (Å²) >= 11 is 7.83. The van der Waals surface area contributed by atoms with Crippen molar-refractivity contribution in [3.8, 4) is 17.1 Å².